The Labute approximate surface area is 173 Å². The van der Waals surface area contributed by atoms with Gasteiger partial charge in [-0.3, -0.25) is 9.59 Å². The zero-order valence-electron chi connectivity index (χ0n) is 15.3. The van der Waals surface area contributed by atoms with Crippen LogP contribution in [-0.4, -0.2) is 23.5 Å². The summed E-state index contributed by atoms with van der Waals surface area (Å²) < 4.78 is 0. The Bertz CT molecular complexity index is 926. The van der Waals surface area contributed by atoms with Crippen molar-refractivity contribution in [1.29, 1.82) is 5.26 Å². The first kappa shape index (κ1) is 19.1. The fourth-order valence-corrected chi connectivity index (χ4v) is 4.66. The van der Waals surface area contributed by atoms with Crippen LogP contribution in [0.1, 0.15) is 43.6 Å². The van der Waals surface area contributed by atoms with Crippen molar-refractivity contribution in [2.75, 3.05) is 5.75 Å². The normalized spacial score (nSPS) is 21.7. The highest BCUT2D eigenvalue weighted by Crippen LogP contribution is 2.44. The Morgan fingerprint density at radius 1 is 1.29 bits per heavy atom. The highest BCUT2D eigenvalue weighted by molar-refractivity contribution is 8.03. The third-order valence-corrected chi connectivity index (χ3v) is 6.43. The van der Waals surface area contributed by atoms with E-state index in [1.165, 1.54) is 11.8 Å². The molecule has 0 saturated heterocycles. The van der Waals surface area contributed by atoms with Gasteiger partial charge in [-0.05, 0) is 43.4 Å². The van der Waals surface area contributed by atoms with Crippen molar-refractivity contribution in [3.05, 3.63) is 56.7 Å². The fraction of sp³-hybridized carbons (Fsp3) is 0.381. The van der Waals surface area contributed by atoms with E-state index in [0.29, 0.717) is 33.7 Å². The first-order valence-electron chi connectivity index (χ1n) is 9.42. The lowest BCUT2D eigenvalue weighted by atomic mass is 9.77. The molecule has 4 rings (SSSR count). The van der Waals surface area contributed by atoms with Gasteiger partial charge in [0.2, 0.25) is 5.91 Å². The van der Waals surface area contributed by atoms with Gasteiger partial charge < -0.3 is 10.6 Å². The molecule has 0 aromatic heterocycles. The highest BCUT2D eigenvalue weighted by atomic mass is 35.5. The van der Waals surface area contributed by atoms with E-state index in [9.17, 15) is 14.9 Å². The van der Waals surface area contributed by atoms with Crippen LogP contribution in [0.15, 0.2) is 46.1 Å². The van der Waals surface area contributed by atoms with Gasteiger partial charge in [0.25, 0.3) is 0 Å². The summed E-state index contributed by atoms with van der Waals surface area (Å²) >= 11 is 7.36. The number of halogens is 1. The summed E-state index contributed by atoms with van der Waals surface area (Å²) in [5, 5.41) is 17.5. The number of nitrogens with one attached hydrogen (secondary N) is 2. The SMILES string of the molecule is N#CC1=C(SCC(=O)NC2CC2)NC2=C(C(=O)CCC2)[C@@H]1c1ccc(Cl)cc1. The molecule has 3 aliphatic rings. The molecule has 0 unspecified atom stereocenters. The maximum Gasteiger partial charge on any atom is 0.230 e. The first-order valence-corrected chi connectivity index (χ1v) is 10.8. The predicted molar refractivity (Wildman–Crippen MR) is 109 cm³/mol. The van der Waals surface area contributed by atoms with Crippen LogP contribution in [0.5, 0.6) is 0 Å². The number of Topliss-reactive ketones (excluding diaryl/α,β-unsaturated/α-hetero) is 1. The molecule has 2 N–H and O–H groups in total. The van der Waals surface area contributed by atoms with Crippen LogP contribution in [0.2, 0.25) is 5.02 Å². The second-order valence-electron chi connectivity index (χ2n) is 7.26. The van der Waals surface area contributed by atoms with Crippen molar-refractivity contribution in [2.24, 2.45) is 0 Å². The molecular weight excluding hydrogens is 394 g/mol. The zero-order chi connectivity index (χ0) is 19.7. The molecular formula is C21H20ClN3O2S. The molecule has 1 amide bonds. The van der Waals surface area contributed by atoms with Crippen LogP contribution in [0, 0.1) is 11.3 Å². The predicted octanol–water partition coefficient (Wildman–Crippen LogP) is 3.78. The van der Waals surface area contributed by atoms with Crippen LogP contribution in [0.25, 0.3) is 0 Å². The van der Waals surface area contributed by atoms with E-state index < -0.39 is 5.92 Å². The van der Waals surface area contributed by atoms with Crippen molar-refractivity contribution < 1.29 is 9.59 Å². The Morgan fingerprint density at radius 3 is 2.71 bits per heavy atom. The van der Waals surface area contributed by atoms with E-state index in [1.807, 2.05) is 12.1 Å². The maximum atomic E-state index is 12.7. The Hall–Kier alpha value is -2.23. The number of ketones is 1. The number of amides is 1. The minimum Gasteiger partial charge on any atom is -0.353 e. The number of carbonyl (C=O) groups is 2. The molecule has 0 spiro atoms. The van der Waals surface area contributed by atoms with Crippen LogP contribution in [0.4, 0.5) is 0 Å². The van der Waals surface area contributed by atoms with E-state index in [0.717, 1.165) is 36.9 Å². The lowest BCUT2D eigenvalue weighted by Crippen LogP contribution is -2.32. The second kappa shape index (κ2) is 8.02. The van der Waals surface area contributed by atoms with Gasteiger partial charge in [-0.1, -0.05) is 35.5 Å². The molecule has 1 aromatic carbocycles. The van der Waals surface area contributed by atoms with Crippen molar-refractivity contribution in [1.82, 2.24) is 10.6 Å². The summed E-state index contributed by atoms with van der Waals surface area (Å²) in [5.41, 5.74) is 2.91. The van der Waals surface area contributed by atoms with Crippen LogP contribution >= 0.6 is 23.4 Å². The van der Waals surface area contributed by atoms with Gasteiger partial charge in [0.05, 0.1) is 28.3 Å². The Morgan fingerprint density at radius 2 is 2.04 bits per heavy atom. The van der Waals surface area contributed by atoms with Gasteiger partial charge in [0.15, 0.2) is 5.78 Å². The minimum absolute atomic E-state index is 0.0263. The number of hydrogen-bond acceptors (Lipinski definition) is 5. The third kappa shape index (κ3) is 3.96. The smallest absolute Gasteiger partial charge is 0.230 e. The van der Waals surface area contributed by atoms with E-state index in [2.05, 4.69) is 16.7 Å². The molecule has 0 radical (unpaired) electrons. The molecule has 7 heteroatoms. The molecule has 1 aliphatic heterocycles. The van der Waals surface area contributed by atoms with Crippen LogP contribution < -0.4 is 10.6 Å². The quantitative estimate of drug-likeness (QED) is 0.767. The number of rotatable bonds is 5. The number of hydrogen-bond donors (Lipinski definition) is 2. The molecule has 1 saturated carbocycles. The summed E-state index contributed by atoms with van der Waals surface area (Å²) in [5.74, 6) is -0.118. The largest absolute Gasteiger partial charge is 0.353 e. The minimum atomic E-state index is -0.416. The molecule has 1 heterocycles. The summed E-state index contributed by atoms with van der Waals surface area (Å²) in [6.45, 7) is 0. The molecule has 1 aromatic rings. The molecule has 144 valence electrons. The van der Waals surface area contributed by atoms with E-state index in [4.69, 9.17) is 11.6 Å². The third-order valence-electron chi connectivity index (χ3n) is 5.16. The van der Waals surface area contributed by atoms with Crippen LogP contribution in [-0.2, 0) is 9.59 Å². The zero-order valence-corrected chi connectivity index (χ0v) is 16.8. The van der Waals surface area contributed by atoms with Gasteiger partial charge in [-0.25, -0.2) is 0 Å². The number of dihydropyridines is 1. The summed E-state index contributed by atoms with van der Waals surface area (Å²) in [6, 6.07) is 9.88. The van der Waals surface area contributed by atoms with E-state index >= 15 is 0 Å². The summed E-state index contributed by atoms with van der Waals surface area (Å²) in [4.78, 5) is 24.8. The average Bonchev–Trinajstić information content (AvgIpc) is 3.50. The summed E-state index contributed by atoms with van der Waals surface area (Å²) in [7, 11) is 0. The standard InChI is InChI=1S/C21H20ClN3O2S/c22-13-6-4-12(5-7-13)19-15(10-23)21(28-11-18(27)24-14-8-9-14)25-16-2-1-3-17(26)20(16)19/h4-7,14,19,25H,1-3,8-9,11H2,(H,24,27)/t19-/m1/s1. The van der Waals surface area contributed by atoms with Gasteiger partial charge in [-0.15, -0.1) is 0 Å². The van der Waals surface area contributed by atoms with Crippen molar-refractivity contribution in [2.45, 2.75) is 44.1 Å². The number of nitrogens with zero attached hydrogens (tertiary/aromatic N) is 1. The molecule has 28 heavy (non-hydrogen) atoms. The highest BCUT2D eigenvalue weighted by Gasteiger charge is 2.37. The van der Waals surface area contributed by atoms with Gasteiger partial charge in [0.1, 0.15) is 0 Å². The van der Waals surface area contributed by atoms with Crippen LogP contribution in [0.3, 0.4) is 0 Å². The first-order chi connectivity index (χ1) is 13.6. The van der Waals surface area contributed by atoms with Crippen molar-refractivity contribution in [3.8, 4) is 6.07 Å². The molecule has 2 aliphatic carbocycles. The molecule has 5 nitrogen and oxygen atoms in total. The molecule has 0 bridgehead atoms. The monoisotopic (exact) mass is 413 g/mol. The van der Waals surface area contributed by atoms with Gasteiger partial charge in [-0.2, -0.15) is 5.26 Å². The molecule has 1 fully saturated rings. The van der Waals surface area contributed by atoms with Crippen molar-refractivity contribution in [3.63, 3.8) is 0 Å². The fourth-order valence-electron chi connectivity index (χ4n) is 3.66. The number of thioether (sulfide) groups is 1. The number of nitriles is 1. The van der Waals surface area contributed by atoms with Crippen molar-refractivity contribution >= 4 is 35.1 Å². The van der Waals surface area contributed by atoms with E-state index in [-0.39, 0.29) is 17.4 Å². The topological polar surface area (TPSA) is 82.0 Å². The van der Waals surface area contributed by atoms with Gasteiger partial charge in [0, 0.05) is 28.8 Å². The lowest BCUT2D eigenvalue weighted by Gasteiger charge is -2.33. The Balaban J connectivity index is 1.67. The molecule has 1 atom stereocenters. The number of benzene rings is 1. The number of carbonyl (C=O) groups excluding carboxylic acids is 2. The Kier molecular flexibility index (Phi) is 5.47. The number of allylic oxidation sites excluding steroid dienone is 3. The maximum absolute atomic E-state index is 12.7. The van der Waals surface area contributed by atoms with Gasteiger partial charge >= 0.3 is 0 Å². The van der Waals surface area contributed by atoms with E-state index in [1.54, 1.807) is 12.1 Å². The second-order valence-corrected chi connectivity index (χ2v) is 8.69. The average molecular weight is 414 g/mol. The lowest BCUT2D eigenvalue weighted by molar-refractivity contribution is -0.118. The summed E-state index contributed by atoms with van der Waals surface area (Å²) in [6.07, 6.45) is 4.13.